The molecule has 0 radical (unpaired) electrons. The molecule has 0 unspecified atom stereocenters. The number of hydrogen-bond donors (Lipinski definition) is 1. The fourth-order valence-electron chi connectivity index (χ4n) is 3.70. The summed E-state index contributed by atoms with van der Waals surface area (Å²) in [6.45, 7) is 0. The fraction of sp³-hybridized carbons (Fsp3) is 0. The van der Waals surface area contributed by atoms with Crippen LogP contribution in [-0.2, 0) is 0 Å². The van der Waals surface area contributed by atoms with E-state index in [-0.39, 0.29) is 5.91 Å². The van der Waals surface area contributed by atoms with Crippen LogP contribution in [0, 0.1) is 0 Å². The van der Waals surface area contributed by atoms with Crippen LogP contribution in [0.3, 0.4) is 0 Å². The van der Waals surface area contributed by atoms with Gasteiger partial charge in [0.2, 0.25) is 0 Å². The summed E-state index contributed by atoms with van der Waals surface area (Å²) >= 11 is 5.86. The van der Waals surface area contributed by atoms with Gasteiger partial charge in [0.05, 0.1) is 6.21 Å². The van der Waals surface area contributed by atoms with E-state index in [1.807, 2.05) is 6.07 Å². The van der Waals surface area contributed by atoms with E-state index >= 15 is 0 Å². The molecule has 134 valence electrons. The van der Waals surface area contributed by atoms with E-state index in [2.05, 4.69) is 59.1 Å². The molecule has 5 rings (SSSR count). The minimum Gasteiger partial charge on any atom is -0.267 e. The van der Waals surface area contributed by atoms with Gasteiger partial charge in [0, 0.05) is 16.1 Å². The van der Waals surface area contributed by atoms with Crippen molar-refractivity contribution in [1.82, 2.24) is 5.43 Å². The Morgan fingerprint density at radius 2 is 1.43 bits per heavy atom. The number of carbonyl (C=O) groups excluding carboxylic acids is 1. The van der Waals surface area contributed by atoms with Crippen LogP contribution >= 0.6 is 11.6 Å². The molecule has 0 saturated heterocycles. The first-order valence-electron chi connectivity index (χ1n) is 8.96. The average Bonchev–Trinajstić information content (AvgIpc) is 2.73. The van der Waals surface area contributed by atoms with E-state index in [0.29, 0.717) is 10.6 Å². The number of benzene rings is 5. The minimum absolute atomic E-state index is 0.273. The first-order chi connectivity index (χ1) is 13.7. The van der Waals surface area contributed by atoms with Crippen LogP contribution in [0.1, 0.15) is 15.9 Å². The first kappa shape index (κ1) is 16.7. The van der Waals surface area contributed by atoms with Crippen LogP contribution < -0.4 is 5.43 Å². The Balaban J connectivity index is 1.53. The Morgan fingerprint density at radius 3 is 2.18 bits per heavy atom. The molecule has 0 aliphatic rings. The Bertz CT molecular complexity index is 1340. The molecular weight excluding hydrogens is 368 g/mol. The summed E-state index contributed by atoms with van der Waals surface area (Å²) in [7, 11) is 0. The van der Waals surface area contributed by atoms with Crippen molar-refractivity contribution in [2.75, 3.05) is 0 Å². The Kier molecular flexibility index (Phi) is 3.96. The molecule has 4 heteroatoms. The Hall–Kier alpha value is -3.43. The lowest BCUT2D eigenvalue weighted by Crippen LogP contribution is -2.17. The van der Waals surface area contributed by atoms with Crippen molar-refractivity contribution in [2.24, 2.45) is 5.10 Å². The smallest absolute Gasteiger partial charge is 0.267 e. The summed E-state index contributed by atoms with van der Waals surface area (Å²) < 4.78 is 0. The summed E-state index contributed by atoms with van der Waals surface area (Å²) in [4.78, 5) is 12.2. The van der Waals surface area contributed by atoms with Gasteiger partial charge in [-0.1, -0.05) is 66.2 Å². The largest absolute Gasteiger partial charge is 0.271 e. The van der Waals surface area contributed by atoms with Crippen molar-refractivity contribution >= 4 is 56.0 Å². The molecule has 0 spiro atoms. The number of carbonyl (C=O) groups is 1. The number of halogens is 1. The second-order valence-corrected chi connectivity index (χ2v) is 7.15. The zero-order valence-electron chi connectivity index (χ0n) is 14.8. The normalized spacial score (nSPS) is 11.8. The van der Waals surface area contributed by atoms with Gasteiger partial charge in [-0.05, 0) is 56.6 Å². The summed E-state index contributed by atoms with van der Waals surface area (Å²) in [5.74, 6) is -0.273. The third kappa shape index (κ3) is 2.77. The molecule has 0 heterocycles. The quantitative estimate of drug-likeness (QED) is 0.232. The van der Waals surface area contributed by atoms with Gasteiger partial charge >= 0.3 is 0 Å². The van der Waals surface area contributed by atoms with Gasteiger partial charge in [-0.25, -0.2) is 5.43 Å². The van der Waals surface area contributed by atoms with Crippen molar-refractivity contribution in [3.05, 3.63) is 95.0 Å². The maximum atomic E-state index is 12.2. The fourth-order valence-corrected chi connectivity index (χ4v) is 3.82. The van der Waals surface area contributed by atoms with Crippen molar-refractivity contribution < 1.29 is 4.79 Å². The van der Waals surface area contributed by atoms with Crippen LogP contribution in [0.2, 0.25) is 5.02 Å². The Morgan fingerprint density at radius 1 is 0.786 bits per heavy atom. The molecule has 3 nitrogen and oxygen atoms in total. The highest BCUT2D eigenvalue weighted by molar-refractivity contribution is 6.30. The molecule has 0 bridgehead atoms. The zero-order valence-corrected chi connectivity index (χ0v) is 15.6. The molecule has 0 aromatic heterocycles. The molecular formula is C24H15ClN2O. The van der Waals surface area contributed by atoms with E-state index in [1.54, 1.807) is 30.5 Å². The van der Waals surface area contributed by atoms with Crippen LogP contribution in [0.15, 0.2) is 84.0 Å². The van der Waals surface area contributed by atoms with Gasteiger partial charge < -0.3 is 0 Å². The molecule has 1 N–H and O–H groups in total. The zero-order chi connectivity index (χ0) is 19.1. The lowest BCUT2D eigenvalue weighted by atomic mass is 9.92. The third-order valence-electron chi connectivity index (χ3n) is 5.04. The summed E-state index contributed by atoms with van der Waals surface area (Å²) in [5.41, 5.74) is 4.05. The van der Waals surface area contributed by atoms with E-state index < -0.39 is 0 Å². The maximum absolute atomic E-state index is 12.2. The molecule has 28 heavy (non-hydrogen) atoms. The third-order valence-corrected chi connectivity index (χ3v) is 5.29. The number of nitrogens with one attached hydrogen (secondary N) is 1. The van der Waals surface area contributed by atoms with Crippen LogP contribution in [0.5, 0.6) is 0 Å². The monoisotopic (exact) mass is 382 g/mol. The van der Waals surface area contributed by atoms with E-state index in [1.165, 1.54) is 26.9 Å². The maximum Gasteiger partial charge on any atom is 0.271 e. The highest BCUT2D eigenvalue weighted by Gasteiger charge is 2.10. The summed E-state index contributed by atoms with van der Waals surface area (Å²) in [6.07, 6.45) is 1.69. The molecule has 0 saturated carbocycles. The van der Waals surface area contributed by atoms with Crippen molar-refractivity contribution in [2.45, 2.75) is 0 Å². The van der Waals surface area contributed by atoms with E-state index in [4.69, 9.17) is 11.6 Å². The second kappa shape index (κ2) is 6.63. The number of amides is 1. The van der Waals surface area contributed by atoms with Gasteiger partial charge in [0.25, 0.3) is 5.91 Å². The number of rotatable bonds is 3. The lowest BCUT2D eigenvalue weighted by molar-refractivity contribution is 0.0955. The average molecular weight is 383 g/mol. The molecule has 0 aliphatic heterocycles. The highest BCUT2D eigenvalue weighted by Crippen LogP contribution is 2.35. The SMILES string of the molecule is O=C(N/N=C/c1ccc2ccc3cccc4ccc1c2c34)c1ccc(Cl)cc1. The molecule has 1 amide bonds. The van der Waals surface area contributed by atoms with Crippen molar-refractivity contribution in [3.63, 3.8) is 0 Å². The molecule has 0 fully saturated rings. The highest BCUT2D eigenvalue weighted by atomic mass is 35.5. The predicted octanol–water partition coefficient (Wildman–Crippen LogP) is 6.00. The van der Waals surface area contributed by atoms with Crippen LogP contribution in [0.25, 0.3) is 32.3 Å². The molecule has 0 atom stereocenters. The van der Waals surface area contributed by atoms with Gasteiger partial charge in [0.1, 0.15) is 0 Å². The summed E-state index contributed by atoms with van der Waals surface area (Å²) in [5, 5.41) is 12.0. The van der Waals surface area contributed by atoms with Gasteiger partial charge in [-0.2, -0.15) is 5.10 Å². The van der Waals surface area contributed by atoms with Crippen molar-refractivity contribution in [3.8, 4) is 0 Å². The van der Waals surface area contributed by atoms with Gasteiger partial charge in [0.15, 0.2) is 0 Å². The topological polar surface area (TPSA) is 41.5 Å². The Labute approximate surface area is 166 Å². The van der Waals surface area contributed by atoms with Gasteiger partial charge in [-0.15, -0.1) is 0 Å². The molecule has 5 aromatic carbocycles. The first-order valence-corrected chi connectivity index (χ1v) is 9.34. The summed E-state index contributed by atoms with van der Waals surface area (Å²) in [6, 6.07) is 25.7. The number of hydrogen-bond acceptors (Lipinski definition) is 2. The van der Waals surface area contributed by atoms with E-state index in [0.717, 1.165) is 10.9 Å². The lowest BCUT2D eigenvalue weighted by Gasteiger charge is -2.12. The number of nitrogens with zero attached hydrogens (tertiary/aromatic N) is 1. The molecule has 5 aromatic rings. The number of hydrazone groups is 1. The predicted molar refractivity (Wildman–Crippen MR) is 117 cm³/mol. The van der Waals surface area contributed by atoms with Crippen LogP contribution in [0.4, 0.5) is 0 Å². The van der Waals surface area contributed by atoms with Crippen molar-refractivity contribution in [1.29, 1.82) is 0 Å². The van der Waals surface area contributed by atoms with E-state index in [9.17, 15) is 4.79 Å². The van der Waals surface area contributed by atoms with Crippen LogP contribution in [-0.4, -0.2) is 12.1 Å². The van der Waals surface area contributed by atoms with Gasteiger partial charge in [-0.3, -0.25) is 4.79 Å². The minimum atomic E-state index is -0.273. The molecule has 0 aliphatic carbocycles. The second-order valence-electron chi connectivity index (χ2n) is 6.72. The standard InChI is InChI=1S/C24H15ClN2O/c25-20-11-8-18(9-12-20)24(28)27-26-14-19-7-6-17-5-4-15-2-1-3-16-10-13-21(19)23(17)22(15)16/h1-14H,(H,27,28)/b26-14+.